The summed E-state index contributed by atoms with van der Waals surface area (Å²) in [5.74, 6) is 3.72. The second kappa shape index (κ2) is 7.56. The number of nitrogens with one attached hydrogen (secondary N) is 2. The van der Waals surface area contributed by atoms with Crippen molar-refractivity contribution >= 4 is 5.78 Å². The topological polar surface area (TPSA) is 64.9 Å². The van der Waals surface area contributed by atoms with Crippen molar-refractivity contribution < 1.29 is 4.79 Å². The molecule has 0 aromatic rings. The number of ketones is 1. The highest BCUT2D eigenvalue weighted by molar-refractivity contribution is 6.09. The predicted molar refractivity (Wildman–Crippen MR) is 100 cm³/mol. The Kier molecular flexibility index (Phi) is 5.88. The first-order valence-corrected chi connectivity index (χ1v) is 9.12. The van der Waals surface area contributed by atoms with E-state index in [4.69, 9.17) is 6.42 Å². The zero-order valence-corrected chi connectivity index (χ0v) is 15.8. The van der Waals surface area contributed by atoms with Gasteiger partial charge >= 0.3 is 0 Å². The third kappa shape index (κ3) is 3.43. The Hall–Kier alpha value is -1.88. The number of hydrogen-bond acceptors (Lipinski definition) is 4. The Morgan fingerprint density at radius 3 is 2.76 bits per heavy atom. The van der Waals surface area contributed by atoms with E-state index in [1.165, 1.54) is 0 Å². The number of hydrogen-bond donors (Lipinski definition) is 2. The first kappa shape index (κ1) is 19.4. The maximum Gasteiger partial charge on any atom is 0.196 e. The normalized spacial score (nSPS) is 31.6. The van der Waals surface area contributed by atoms with Crippen LogP contribution >= 0.6 is 0 Å². The van der Waals surface area contributed by atoms with Crippen molar-refractivity contribution in [1.29, 1.82) is 5.26 Å². The van der Waals surface area contributed by atoms with E-state index in [1.54, 1.807) is 12.2 Å². The SMILES string of the molecule is C#C[C@]12C=C(C#N)C(=O)C=C1[C@@](C)(CCCNNC)[C@H](C(C)C)CC2. The van der Waals surface area contributed by atoms with Crippen LogP contribution < -0.4 is 10.9 Å². The second-order valence-electron chi connectivity index (χ2n) is 7.79. The molecule has 1 fully saturated rings. The third-order valence-corrected chi connectivity index (χ3v) is 6.05. The van der Waals surface area contributed by atoms with Gasteiger partial charge in [-0.1, -0.05) is 26.7 Å². The molecule has 0 aliphatic heterocycles. The number of terminal acetylenes is 1. The van der Waals surface area contributed by atoms with Gasteiger partial charge in [0.1, 0.15) is 6.07 Å². The molecule has 134 valence electrons. The minimum absolute atomic E-state index is 0.138. The van der Waals surface area contributed by atoms with E-state index in [-0.39, 0.29) is 16.8 Å². The van der Waals surface area contributed by atoms with Crippen LogP contribution in [0.1, 0.15) is 46.5 Å². The number of allylic oxidation sites excluding steroid dienone is 4. The van der Waals surface area contributed by atoms with Crippen LogP contribution in [0.25, 0.3) is 0 Å². The summed E-state index contributed by atoms with van der Waals surface area (Å²) >= 11 is 0. The summed E-state index contributed by atoms with van der Waals surface area (Å²) in [5, 5.41) is 9.28. The van der Waals surface area contributed by atoms with Crippen LogP contribution in [0, 0.1) is 46.3 Å². The molecule has 0 unspecified atom stereocenters. The number of rotatable bonds is 6. The molecule has 4 nitrogen and oxygen atoms in total. The molecule has 0 aromatic heterocycles. The lowest BCUT2D eigenvalue weighted by atomic mass is 9.50. The van der Waals surface area contributed by atoms with Gasteiger partial charge in [0.2, 0.25) is 0 Å². The van der Waals surface area contributed by atoms with Crippen molar-refractivity contribution in [2.75, 3.05) is 13.6 Å². The van der Waals surface area contributed by atoms with Crippen molar-refractivity contribution in [3.8, 4) is 18.4 Å². The number of hydrazine groups is 1. The summed E-state index contributed by atoms with van der Waals surface area (Å²) in [4.78, 5) is 12.4. The van der Waals surface area contributed by atoms with Gasteiger partial charge in [-0.15, -0.1) is 6.42 Å². The maximum absolute atomic E-state index is 12.4. The minimum Gasteiger partial charge on any atom is -0.288 e. The molecule has 0 aromatic carbocycles. The van der Waals surface area contributed by atoms with Crippen molar-refractivity contribution in [3.05, 3.63) is 23.3 Å². The van der Waals surface area contributed by atoms with Crippen LogP contribution in [-0.2, 0) is 4.79 Å². The molecule has 2 aliphatic rings. The van der Waals surface area contributed by atoms with E-state index in [9.17, 15) is 10.1 Å². The molecule has 0 spiro atoms. The fourth-order valence-electron chi connectivity index (χ4n) is 4.85. The van der Waals surface area contributed by atoms with Gasteiger partial charge in [-0.25, -0.2) is 0 Å². The molecule has 2 N–H and O–H groups in total. The van der Waals surface area contributed by atoms with E-state index < -0.39 is 5.41 Å². The van der Waals surface area contributed by atoms with Gasteiger partial charge < -0.3 is 0 Å². The molecule has 2 aliphatic carbocycles. The van der Waals surface area contributed by atoms with Gasteiger partial charge in [0, 0.05) is 6.54 Å². The van der Waals surface area contributed by atoms with Gasteiger partial charge in [-0.3, -0.25) is 15.6 Å². The average Bonchev–Trinajstić information content (AvgIpc) is 2.59. The quantitative estimate of drug-likeness (QED) is 0.443. The minimum atomic E-state index is -0.588. The highest BCUT2D eigenvalue weighted by Crippen LogP contribution is 2.59. The lowest BCUT2D eigenvalue weighted by molar-refractivity contribution is -0.111. The number of nitriles is 1. The molecule has 4 heteroatoms. The highest BCUT2D eigenvalue weighted by atomic mass is 16.1. The zero-order valence-electron chi connectivity index (χ0n) is 15.8. The number of carbonyl (C=O) groups excluding carboxylic acids is 1. The molecule has 0 bridgehead atoms. The van der Waals surface area contributed by atoms with Crippen LogP contribution in [0.2, 0.25) is 0 Å². The monoisotopic (exact) mass is 339 g/mol. The van der Waals surface area contributed by atoms with E-state index in [1.807, 2.05) is 13.1 Å². The zero-order chi connectivity index (χ0) is 18.7. The number of fused-ring (bicyclic) bond motifs is 1. The largest absolute Gasteiger partial charge is 0.288 e. The Balaban J connectivity index is 2.46. The Labute approximate surface area is 151 Å². The summed E-state index contributed by atoms with van der Waals surface area (Å²) in [6, 6.07) is 2.02. The number of nitrogens with zero attached hydrogens (tertiary/aromatic N) is 1. The molecule has 1 saturated carbocycles. The predicted octanol–water partition coefficient (Wildman–Crippen LogP) is 3.14. The highest BCUT2D eigenvalue weighted by Gasteiger charge is 2.52. The third-order valence-electron chi connectivity index (χ3n) is 6.05. The standard InChI is InChI=1S/C21H29N3O/c1-6-21-10-8-17(15(2)3)20(4,9-7-11-24-23-5)19(21)12-18(25)16(13-21)14-22/h1,12-13,15,17,23-24H,7-11H2,2-5H3/t17-,20-,21-/m0/s1. The fraction of sp³-hybridized carbons (Fsp3) is 0.619. The molecular formula is C21H29N3O. The summed E-state index contributed by atoms with van der Waals surface area (Å²) in [6.07, 6.45) is 13.2. The summed E-state index contributed by atoms with van der Waals surface area (Å²) < 4.78 is 0. The van der Waals surface area contributed by atoms with Crippen molar-refractivity contribution in [2.24, 2.45) is 22.7 Å². The van der Waals surface area contributed by atoms with E-state index >= 15 is 0 Å². The molecule has 0 saturated heterocycles. The smallest absolute Gasteiger partial charge is 0.196 e. The first-order chi connectivity index (χ1) is 11.8. The molecule has 25 heavy (non-hydrogen) atoms. The second-order valence-corrected chi connectivity index (χ2v) is 7.79. The number of carbonyl (C=O) groups is 1. The van der Waals surface area contributed by atoms with E-state index in [0.29, 0.717) is 11.8 Å². The molecule has 0 amide bonds. The van der Waals surface area contributed by atoms with E-state index in [2.05, 4.69) is 37.5 Å². The van der Waals surface area contributed by atoms with Crippen LogP contribution in [0.4, 0.5) is 0 Å². The maximum atomic E-state index is 12.4. The van der Waals surface area contributed by atoms with Gasteiger partial charge in [-0.05, 0) is 67.7 Å². The van der Waals surface area contributed by atoms with E-state index in [0.717, 1.165) is 37.8 Å². The van der Waals surface area contributed by atoms with Crippen LogP contribution in [0.3, 0.4) is 0 Å². The molecule has 0 radical (unpaired) electrons. The molecule has 2 rings (SSSR count). The van der Waals surface area contributed by atoms with Crippen LogP contribution in [0.5, 0.6) is 0 Å². The van der Waals surface area contributed by atoms with Gasteiger partial charge in [0.05, 0.1) is 11.0 Å². The Bertz CT molecular complexity index is 676. The Morgan fingerprint density at radius 2 is 2.20 bits per heavy atom. The molecular weight excluding hydrogens is 310 g/mol. The van der Waals surface area contributed by atoms with Gasteiger partial charge in [0.25, 0.3) is 0 Å². The summed E-state index contributed by atoms with van der Waals surface area (Å²) in [7, 11) is 1.86. The molecule has 3 atom stereocenters. The molecule has 0 heterocycles. The Morgan fingerprint density at radius 1 is 1.48 bits per heavy atom. The van der Waals surface area contributed by atoms with Crippen molar-refractivity contribution in [3.63, 3.8) is 0 Å². The lowest BCUT2D eigenvalue weighted by Gasteiger charge is -2.53. The van der Waals surface area contributed by atoms with Gasteiger partial charge in [0.15, 0.2) is 5.78 Å². The first-order valence-electron chi connectivity index (χ1n) is 9.12. The van der Waals surface area contributed by atoms with Crippen molar-refractivity contribution in [2.45, 2.75) is 46.5 Å². The summed E-state index contributed by atoms with van der Waals surface area (Å²) in [6.45, 7) is 7.62. The van der Waals surface area contributed by atoms with Crippen LogP contribution in [-0.4, -0.2) is 19.4 Å². The fourth-order valence-corrected chi connectivity index (χ4v) is 4.85. The lowest BCUT2D eigenvalue weighted by Crippen LogP contribution is -2.46. The summed E-state index contributed by atoms with van der Waals surface area (Å²) in [5.41, 5.74) is 6.59. The van der Waals surface area contributed by atoms with Crippen LogP contribution in [0.15, 0.2) is 23.3 Å². The van der Waals surface area contributed by atoms with Crippen molar-refractivity contribution in [1.82, 2.24) is 10.9 Å². The van der Waals surface area contributed by atoms with Gasteiger partial charge in [-0.2, -0.15) is 5.26 Å². The average molecular weight is 339 g/mol.